The molecule has 0 aromatic heterocycles. The largest absolute Gasteiger partial charge is 0.369 e. The van der Waals surface area contributed by atoms with Crippen LogP contribution < -0.4 is 5.32 Å². The smallest absolute Gasteiger partial charge is 0.254 e. The Hall–Kier alpha value is -1.63. The monoisotopic (exact) mass is 471 g/mol. The Morgan fingerprint density at radius 2 is 1.64 bits per heavy atom. The Morgan fingerprint density at radius 1 is 1.03 bits per heavy atom. The van der Waals surface area contributed by atoms with Crippen molar-refractivity contribution in [3.05, 3.63) is 29.3 Å². The van der Waals surface area contributed by atoms with Crippen LogP contribution in [0.25, 0.3) is 0 Å². The van der Waals surface area contributed by atoms with Crippen LogP contribution in [0.15, 0.2) is 18.2 Å². The van der Waals surface area contributed by atoms with Crippen LogP contribution in [0.5, 0.6) is 0 Å². The maximum absolute atomic E-state index is 13.3. The van der Waals surface area contributed by atoms with E-state index >= 15 is 0 Å². The van der Waals surface area contributed by atoms with Gasteiger partial charge in [0.05, 0.1) is 12.2 Å². The van der Waals surface area contributed by atoms with E-state index in [-0.39, 0.29) is 29.4 Å². The third-order valence-electron chi connectivity index (χ3n) is 8.78. The highest BCUT2D eigenvalue weighted by molar-refractivity contribution is 6.13. The number of benzene rings is 1. The van der Waals surface area contributed by atoms with Gasteiger partial charge in [-0.3, -0.25) is 9.59 Å². The van der Waals surface area contributed by atoms with Gasteiger partial charge < -0.3 is 15.0 Å². The molecule has 6 fully saturated rings. The lowest BCUT2D eigenvalue weighted by Gasteiger charge is -2.56. The lowest BCUT2D eigenvalue weighted by Crippen LogP contribution is -2.58. The van der Waals surface area contributed by atoms with Crippen molar-refractivity contribution in [2.75, 3.05) is 31.5 Å². The Bertz CT molecular complexity index is 913. The zero-order chi connectivity index (χ0) is 22.7. The van der Waals surface area contributed by atoms with Crippen molar-refractivity contribution in [2.45, 2.75) is 64.1 Å². The van der Waals surface area contributed by atoms with Crippen molar-refractivity contribution >= 4 is 29.3 Å². The van der Waals surface area contributed by atoms with Crippen molar-refractivity contribution in [3.63, 3.8) is 0 Å². The number of carbonyl (C=O) groups is 2. The summed E-state index contributed by atoms with van der Waals surface area (Å²) < 4.78 is 7.70. The fraction of sp³-hybridized carbons (Fsp3) is 0.692. The minimum atomic E-state index is -0.0520. The molecule has 2 aliphatic heterocycles. The molecule has 0 radical (unpaired) electrons. The number of hydrogen-bond acceptors (Lipinski definition) is 4. The Morgan fingerprint density at radius 3 is 2.24 bits per heavy atom. The molecule has 0 spiro atoms. The average Bonchev–Trinajstić information content (AvgIpc) is 2.72. The van der Waals surface area contributed by atoms with Gasteiger partial charge in [-0.2, -0.15) is 0 Å². The van der Waals surface area contributed by atoms with Gasteiger partial charge in [-0.1, -0.05) is 6.07 Å². The first-order valence-electron chi connectivity index (χ1n) is 12.6. The van der Waals surface area contributed by atoms with E-state index in [0.717, 1.165) is 29.0 Å². The third-order valence-corrected chi connectivity index (χ3v) is 9.06. The zero-order valence-electron chi connectivity index (χ0n) is 19.4. The second kappa shape index (κ2) is 8.24. The van der Waals surface area contributed by atoms with E-state index in [1.807, 2.05) is 30.0 Å². The van der Waals surface area contributed by atoms with E-state index in [2.05, 4.69) is 5.32 Å². The van der Waals surface area contributed by atoms with Gasteiger partial charge in [0.25, 0.3) is 5.91 Å². The SMILES string of the molecule is Cc1ccc(C(=O)N2CC3CN(Cl)CC(C2)O3)cc1NC(=O)CC12CC3CC(CC(C3)C1)C2. The number of carbonyl (C=O) groups excluding carboxylic acids is 2. The number of rotatable bonds is 4. The maximum Gasteiger partial charge on any atom is 0.254 e. The quantitative estimate of drug-likeness (QED) is 0.668. The second-order valence-corrected chi connectivity index (χ2v) is 12.1. The molecule has 4 aliphatic carbocycles. The number of halogens is 1. The number of aryl methyl sites for hydroxylation is 1. The normalized spacial score (nSPS) is 37.3. The molecule has 1 aromatic rings. The zero-order valence-corrected chi connectivity index (χ0v) is 20.2. The van der Waals surface area contributed by atoms with Crippen LogP contribution in [0, 0.1) is 30.1 Å². The van der Waals surface area contributed by atoms with E-state index in [0.29, 0.717) is 38.2 Å². The van der Waals surface area contributed by atoms with Gasteiger partial charge in [-0.25, -0.2) is 4.42 Å². The summed E-state index contributed by atoms with van der Waals surface area (Å²) in [5, 5.41) is 3.17. The summed E-state index contributed by atoms with van der Waals surface area (Å²) >= 11 is 6.17. The van der Waals surface area contributed by atoms with E-state index in [9.17, 15) is 9.59 Å². The minimum absolute atomic E-state index is 0.00657. The molecule has 33 heavy (non-hydrogen) atoms. The van der Waals surface area contributed by atoms with Gasteiger partial charge >= 0.3 is 0 Å². The second-order valence-electron chi connectivity index (χ2n) is 11.6. The summed E-state index contributed by atoms with van der Waals surface area (Å²) in [6.07, 6.45) is 8.35. The van der Waals surface area contributed by atoms with E-state index in [1.165, 1.54) is 38.5 Å². The molecule has 7 heteroatoms. The molecule has 2 saturated heterocycles. The summed E-state index contributed by atoms with van der Waals surface area (Å²) in [5.41, 5.74) is 2.58. The van der Waals surface area contributed by atoms with Crippen molar-refractivity contribution in [1.29, 1.82) is 0 Å². The number of hydrogen-bond donors (Lipinski definition) is 1. The summed E-state index contributed by atoms with van der Waals surface area (Å²) in [6.45, 7) is 4.33. The van der Waals surface area contributed by atoms with Crippen molar-refractivity contribution < 1.29 is 14.3 Å². The Labute approximate surface area is 201 Å². The predicted molar refractivity (Wildman–Crippen MR) is 127 cm³/mol. The highest BCUT2D eigenvalue weighted by Crippen LogP contribution is 2.61. The molecule has 2 heterocycles. The van der Waals surface area contributed by atoms with Gasteiger partial charge in [-0.15, -0.1) is 0 Å². The van der Waals surface area contributed by atoms with Crippen LogP contribution in [0.4, 0.5) is 5.69 Å². The Balaban J connectivity index is 1.13. The molecule has 178 valence electrons. The molecule has 6 nitrogen and oxygen atoms in total. The molecule has 1 aromatic carbocycles. The number of amides is 2. The summed E-state index contributed by atoms with van der Waals surface area (Å²) in [5.74, 6) is 2.61. The number of fused-ring (bicyclic) bond motifs is 2. The van der Waals surface area contributed by atoms with E-state index < -0.39 is 0 Å². The molecule has 4 saturated carbocycles. The van der Waals surface area contributed by atoms with Crippen LogP contribution in [-0.2, 0) is 9.53 Å². The van der Waals surface area contributed by atoms with Crippen LogP contribution >= 0.6 is 11.8 Å². The predicted octanol–water partition coefficient (Wildman–Crippen LogP) is 4.22. The van der Waals surface area contributed by atoms with Gasteiger partial charge in [-0.05, 0) is 98.1 Å². The highest BCUT2D eigenvalue weighted by Gasteiger charge is 2.51. The number of nitrogens with zero attached hydrogens (tertiary/aromatic N) is 2. The molecule has 6 bridgehead atoms. The maximum atomic E-state index is 13.3. The topological polar surface area (TPSA) is 61.9 Å². The number of nitrogens with one attached hydrogen (secondary N) is 1. The van der Waals surface area contributed by atoms with E-state index in [1.54, 1.807) is 4.42 Å². The lowest BCUT2D eigenvalue weighted by molar-refractivity contribution is -0.124. The molecular formula is C26H34ClN3O3. The van der Waals surface area contributed by atoms with Gasteiger partial charge in [0, 0.05) is 43.9 Å². The first kappa shape index (κ1) is 21.9. The molecule has 1 N–H and O–H groups in total. The van der Waals surface area contributed by atoms with Crippen molar-refractivity contribution in [2.24, 2.45) is 23.2 Å². The fourth-order valence-corrected chi connectivity index (χ4v) is 8.23. The molecule has 2 unspecified atom stereocenters. The summed E-state index contributed by atoms with van der Waals surface area (Å²) in [7, 11) is 0. The molecular weight excluding hydrogens is 438 g/mol. The first-order valence-corrected chi connectivity index (χ1v) is 12.9. The minimum Gasteiger partial charge on any atom is -0.369 e. The molecule has 7 rings (SSSR count). The van der Waals surface area contributed by atoms with Crippen molar-refractivity contribution in [1.82, 2.24) is 9.32 Å². The van der Waals surface area contributed by atoms with Gasteiger partial charge in [0.2, 0.25) is 5.91 Å². The van der Waals surface area contributed by atoms with Crippen molar-refractivity contribution in [3.8, 4) is 0 Å². The van der Waals surface area contributed by atoms with Crippen LogP contribution in [0.1, 0.15) is 60.9 Å². The van der Waals surface area contributed by atoms with Crippen LogP contribution in [0.2, 0.25) is 0 Å². The third kappa shape index (κ3) is 4.30. The number of morpholine rings is 2. The first-order chi connectivity index (χ1) is 15.8. The highest BCUT2D eigenvalue weighted by atomic mass is 35.5. The summed E-state index contributed by atoms with van der Waals surface area (Å²) in [4.78, 5) is 28.3. The Kier molecular flexibility index (Phi) is 5.46. The van der Waals surface area contributed by atoms with Gasteiger partial charge in [0.1, 0.15) is 0 Å². The number of anilines is 1. The fourth-order valence-electron chi connectivity index (χ4n) is 7.92. The standard InChI is InChI=1S/C26H34ClN3O3/c1-16-2-3-20(25(32)29-12-21-14-30(27)15-22(13-29)33-21)7-23(16)28-24(31)11-26-8-17-4-18(9-26)6-19(5-17)10-26/h2-3,7,17-19,21-22H,4-6,8-15H2,1H3,(H,28,31). The lowest BCUT2D eigenvalue weighted by atomic mass is 9.49. The molecule has 6 aliphatic rings. The number of ether oxygens (including phenoxy) is 1. The van der Waals surface area contributed by atoms with Crippen LogP contribution in [-0.4, -0.2) is 59.5 Å². The van der Waals surface area contributed by atoms with Crippen LogP contribution in [0.3, 0.4) is 0 Å². The molecule has 2 atom stereocenters. The molecule has 2 amide bonds. The van der Waals surface area contributed by atoms with Gasteiger partial charge in [0.15, 0.2) is 0 Å². The summed E-state index contributed by atoms with van der Waals surface area (Å²) in [6, 6.07) is 5.66. The van der Waals surface area contributed by atoms with E-state index in [4.69, 9.17) is 16.5 Å². The average molecular weight is 472 g/mol.